The molecule has 1 aliphatic heterocycles. The lowest BCUT2D eigenvalue weighted by molar-refractivity contribution is 0.0819. The summed E-state index contributed by atoms with van der Waals surface area (Å²) in [6.07, 6.45) is -2.56. The quantitative estimate of drug-likeness (QED) is 0.873. The van der Waals surface area contributed by atoms with Gasteiger partial charge in [0.2, 0.25) is 10.0 Å². The molecule has 0 saturated carbocycles. The van der Waals surface area contributed by atoms with E-state index in [9.17, 15) is 17.2 Å². The van der Waals surface area contributed by atoms with Crippen LogP contribution in [0, 0.1) is 0 Å². The summed E-state index contributed by atoms with van der Waals surface area (Å²) >= 11 is 0. The SMILES string of the molecule is CC1CNCCN1S(=O)(=O)c1ccc(OCC(F)F)cc1.Cl. The number of alkyl halides is 2. The van der Waals surface area contributed by atoms with Gasteiger partial charge in [0, 0.05) is 25.7 Å². The van der Waals surface area contributed by atoms with E-state index < -0.39 is 23.1 Å². The number of benzene rings is 1. The van der Waals surface area contributed by atoms with Crippen LogP contribution in [0.5, 0.6) is 5.75 Å². The predicted molar refractivity (Wildman–Crippen MR) is 81.4 cm³/mol. The van der Waals surface area contributed by atoms with Gasteiger partial charge in [0.05, 0.1) is 4.90 Å². The second-order valence-corrected chi connectivity index (χ2v) is 6.73. The minimum atomic E-state index is -3.57. The van der Waals surface area contributed by atoms with E-state index >= 15 is 0 Å². The first-order chi connectivity index (χ1) is 9.91. The van der Waals surface area contributed by atoms with Crippen LogP contribution in [0.25, 0.3) is 0 Å². The van der Waals surface area contributed by atoms with Crippen molar-refractivity contribution in [2.45, 2.75) is 24.3 Å². The molecule has 1 fully saturated rings. The average molecular weight is 357 g/mol. The van der Waals surface area contributed by atoms with Gasteiger partial charge in [-0.15, -0.1) is 12.4 Å². The zero-order valence-corrected chi connectivity index (χ0v) is 13.7. The highest BCUT2D eigenvalue weighted by Crippen LogP contribution is 2.22. The molecule has 0 amide bonds. The van der Waals surface area contributed by atoms with Gasteiger partial charge in [-0.25, -0.2) is 17.2 Å². The van der Waals surface area contributed by atoms with Gasteiger partial charge in [0.15, 0.2) is 0 Å². The Morgan fingerprint density at radius 2 is 2.00 bits per heavy atom. The first kappa shape index (κ1) is 19.1. The molecular formula is C13H19ClF2N2O3S. The van der Waals surface area contributed by atoms with E-state index in [1.807, 2.05) is 6.92 Å². The summed E-state index contributed by atoms with van der Waals surface area (Å²) in [4.78, 5) is 0.139. The first-order valence-electron chi connectivity index (χ1n) is 6.65. The van der Waals surface area contributed by atoms with E-state index in [0.717, 1.165) is 0 Å². The van der Waals surface area contributed by atoms with Gasteiger partial charge in [-0.2, -0.15) is 4.31 Å². The molecule has 0 bridgehead atoms. The van der Waals surface area contributed by atoms with E-state index in [2.05, 4.69) is 5.32 Å². The fourth-order valence-electron chi connectivity index (χ4n) is 2.18. The maximum absolute atomic E-state index is 12.5. The summed E-state index contributed by atoms with van der Waals surface area (Å²) in [5, 5.41) is 3.13. The standard InChI is InChI=1S/C13H18F2N2O3S.ClH/c1-10-8-16-6-7-17(10)21(18,19)12-4-2-11(3-5-12)20-9-13(14)15;/h2-5,10,13,16H,6-9H2,1H3;1H. The molecule has 0 aromatic heterocycles. The van der Waals surface area contributed by atoms with Crippen LogP contribution in [0.3, 0.4) is 0 Å². The lowest BCUT2D eigenvalue weighted by Gasteiger charge is -2.32. The molecular weight excluding hydrogens is 338 g/mol. The number of nitrogens with one attached hydrogen (secondary N) is 1. The molecule has 1 aliphatic rings. The number of piperazine rings is 1. The number of ether oxygens (including phenoxy) is 1. The number of hydrogen-bond acceptors (Lipinski definition) is 4. The maximum atomic E-state index is 12.5. The molecule has 22 heavy (non-hydrogen) atoms. The van der Waals surface area contributed by atoms with Crippen LogP contribution in [0.15, 0.2) is 29.2 Å². The third-order valence-corrected chi connectivity index (χ3v) is 5.27. The smallest absolute Gasteiger partial charge is 0.272 e. The van der Waals surface area contributed by atoms with Crippen LogP contribution in [0.1, 0.15) is 6.92 Å². The van der Waals surface area contributed by atoms with Crippen LogP contribution in [-0.4, -0.2) is 51.4 Å². The highest BCUT2D eigenvalue weighted by molar-refractivity contribution is 7.89. The molecule has 1 N–H and O–H groups in total. The summed E-state index contributed by atoms with van der Waals surface area (Å²) in [5.41, 5.74) is 0. The van der Waals surface area contributed by atoms with Gasteiger partial charge < -0.3 is 10.1 Å². The number of hydrogen-bond donors (Lipinski definition) is 1. The largest absolute Gasteiger partial charge is 0.488 e. The minimum absolute atomic E-state index is 0. The fraction of sp³-hybridized carbons (Fsp3) is 0.538. The molecule has 0 aliphatic carbocycles. The predicted octanol–water partition coefficient (Wildman–Crippen LogP) is 1.73. The van der Waals surface area contributed by atoms with Crippen molar-refractivity contribution in [3.8, 4) is 5.75 Å². The Morgan fingerprint density at radius 1 is 1.36 bits per heavy atom. The highest BCUT2D eigenvalue weighted by atomic mass is 35.5. The van der Waals surface area contributed by atoms with E-state index in [1.165, 1.54) is 28.6 Å². The number of sulfonamides is 1. The molecule has 1 atom stereocenters. The molecule has 1 saturated heterocycles. The highest BCUT2D eigenvalue weighted by Gasteiger charge is 2.30. The van der Waals surface area contributed by atoms with Gasteiger partial charge in [0.1, 0.15) is 12.4 Å². The second-order valence-electron chi connectivity index (χ2n) is 4.84. The van der Waals surface area contributed by atoms with Crippen molar-refractivity contribution in [1.82, 2.24) is 9.62 Å². The fourth-order valence-corrected chi connectivity index (χ4v) is 3.81. The zero-order valence-electron chi connectivity index (χ0n) is 12.0. The topological polar surface area (TPSA) is 58.6 Å². The molecule has 2 rings (SSSR count). The van der Waals surface area contributed by atoms with Gasteiger partial charge in [-0.05, 0) is 31.2 Å². The van der Waals surface area contributed by atoms with E-state index in [4.69, 9.17) is 4.74 Å². The van der Waals surface area contributed by atoms with Crippen molar-refractivity contribution >= 4 is 22.4 Å². The Morgan fingerprint density at radius 3 is 2.55 bits per heavy atom. The van der Waals surface area contributed by atoms with Crippen molar-refractivity contribution < 1.29 is 21.9 Å². The Bertz CT molecular complexity index is 569. The third-order valence-electron chi connectivity index (χ3n) is 3.25. The lowest BCUT2D eigenvalue weighted by Crippen LogP contribution is -2.52. The summed E-state index contributed by atoms with van der Waals surface area (Å²) in [7, 11) is -3.57. The third kappa shape index (κ3) is 4.52. The van der Waals surface area contributed by atoms with Crippen molar-refractivity contribution in [1.29, 1.82) is 0 Å². The normalized spacial score (nSPS) is 19.7. The van der Waals surface area contributed by atoms with E-state index in [1.54, 1.807) is 0 Å². The monoisotopic (exact) mass is 356 g/mol. The van der Waals surface area contributed by atoms with Gasteiger partial charge in [0.25, 0.3) is 6.43 Å². The summed E-state index contributed by atoms with van der Waals surface area (Å²) in [6.45, 7) is 2.76. The summed E-state index contributed by atoms with van der Waals surface area (Å²) < 4.78 is 55.4. The van der Waals surface area contributed by atoms with Gasteiger partial charge >= 0.3 is 0 Å². The van der Waals surface area contributed by atoms with Crippen LogP contribution in [0.2, 0.25) is 0 Å². The molecule has 5 nitrogen and oxygen atoms in total. The van der Waals surface area contributed by atoms with E-state index in [-0.39, 0.29) is 29.1 Å². The molecule has 1 heterocycles. The van der Waals surface area contributed by atoms with Gasteiger partial charge in [-0.1, -0.05) is 0 Å². The van der Waals surface area contributed by atoms with Crippen molar-refractivity contribution in [3.63, 3.8) is 0 Å². The molecule has 9 heteroatoms. The first-order valence-corrected chi connectivity index (χ1v) is 8.09. The number of halogens is 3. The van der Waals surface area contributed by atoms with Gasteiger partial charge in [-0.3, -0.25) is 0 Å². The Balaban J connectivity index is 0.00000242. The van der Waals surface area contributed by atoms with Crippen molar-refractivity contribution in [3.05, 3.63) is 24.3 Å². The Labute approximate surface area is 135 Å². The number of rotatable bonds is 5. The van der Waals surface area contributed by atoms with Crippen LogP contribution in [0.4, 0.5) is 8.78 Å². The average Bonchev–Trinajstić information content (AvgIpc) is 2.46. The van der Waals surface area contributed by atoms with Crippen LogP contribution >= 0.6 is 12.4 Å². The molecule has 0 radical (unpaired) electrons. The zero-order chi connectivity index (χ0) is 15.5. The van der Waals surface area contributed by atoms with Crippen LogP contribution in [-0.2, 0) is 10.0 Å². The number of nitrogens with zero attached hydrogens (tertiary/aromatic N) is 1. The van der Waals surface area contributed by atoms with Crippen molar-refractivity contribution in [2.75, 3.05) is 26.2 Å². The Kier molecular flexibility index (Phi) is 6.98. The molecule has 0 spiro atoms. The molecule has 1 aromatic rings. The molecule has 1 unspecified atom stereocenters. The van der Waals surface area contributed by atoms with E-state index in [0.29, 0.717) is 19.6 Å². The van der Waals surface area contributed by atoms with Crippen LogP contribution < -0.4 is 10.1 Å². The lowest BCUT2D eigenvalue weighted by atomic mass is 10.3. The maximum Gasteiger partial charge on any atom is 0.272 e. The summed E-state index contributed by atoms with van der Waals surface area (Å²) in [6, 6.07) is 5.42. The minimum Gasteiger partial charge on any atom is -0.488 e. The Hall–Kier alpha value is -0.960. The molecule has 1 aromatic carbocycles. The second kappa shape index (κ2) is 8.05. The summed E-state index contributed by atoms with van der Waals surface area (Å²) in [5.74, 6) is 0.225. The molecule has 126 valence electrons. The van der Waals surface area contributed by atoms with Crippen molar-refractivity contribution in [2.24, 2.45) is 0 Å².